The second-order valence-electron chi connectivity index (χ2n) is 5.55. The fourth-order valence-electron chi connectivity index (χ4n) is 2.28. The van der Waals surface area contributed by atoms with Crippen molar-refractivity contribution in [1.82, 2.24) is 0 Å². The van der Waals surface area contributed by atoms with Crippen LogP contribution in [0.1, 0.15) is 12.8 Å². The van der Waals surface area contributed by atoms with Gasteiger partial charge in [0.05, 0.1) is 0 Å². The Morgan fingerprint density at radius 2 is 1.35 bits per heavy atom. The predicted octanol–water partition coefficient (Wildman–Crippen LogP) is 1.84. The molecule has 0 saturated heterocycles. The van der Waals surface area contributed by atoms with Crippen LogP contribution in [0, 0.1) is 0 Å². The third kappa shape index (κ3) is 5.36. The molecule has 0 aliphatic heterocycles. The summed E-state index contributed by atoms with van der Waals surface area (Å²) in [5, 5.41) is 26.2. The van der Waals surface area contributed by atoms with E-state index < -0.39 is 5.72 Å². The Labute approximate surface area is 136 Å². The van der Waals surface area contributed by atoms with E-state index >= 15 is 0 Å². The Hall–Kier alpha value is -2.44. The Balaban J connectivity index is 1.93. The van der Waals surface area contributed by atoms with Crippen molar-refractivity contribution in [1.29, 1.82) is 0 Å². The van der Waals surface area contributed by atoms with Crippen LogP contribution >= 0.6 is 0 Å². The molecule has 0 heterocycles. The Kier molecular flexibility index (Phi) is 5.67. The smallest absolute Gasteiger partial charge is 0.139 e. The van der Waals surface area contributed by atoms with E-state index in [-0.39, 0.29) is 13.0 Å². The summed E-state index contributed by atoms with van der Waals surface area (Å²) in [5.41, 5.74) is 13.1. The van der Waals surface area contributed by atoms with Crippen LogP contribution in [0.3, 0.4) is 0 Å². The number of aliphatic hydroxyl groups excluding tert-OH is 1. The SMILES string of the molecule is Nc1ccc(NCCC(O)(CCO)Nc2ccc(N)cc2)cc1. The highest BCUT2D eigenvalue weighted by molar-refractivity contribution is 5.53. The number of nitrogen functional groups attached to an aromatic ring is 2. The van der Waals surface area contributed by atoms with Gasteiger partial charge in [-0.15, -0.1) is 0 Å². The summed E-state index contributed by atoms with van der Waals surface area (Å²) < 4.78 is 0. The highest BCUT2D eigenvalue weighted by Gasteiger charge is 2.25. The van der Waals surface area contributed by atoms with Gasteiger partial charge in [0, 0.05) is 48.7 Å². The van der Waals surface area contributed by atoms with Crippen LogP contribution in [0.4, 0.5) is 22.7 Å². The van der Waals surface area contributed by atoms with Gasteiger partial charge in [-0.2, -0.15) is 0 Å². The number of nitrogens with two attached hydrogens (primary N) is 2. The van der Waals surface area contributed by atoms with Crippen LogP contribution in [0.25, 0.3) is 0 Å². The zero-order valence-electron chi connectivity index (χ0n) is 13.0. The molecule has 2 aromatic rings. The molecule has 0 aromatic heterocycles. The molecule has 2 aromatic carbocycles. The quantitative estimate of drug-likeness (QED) is 0.327. The number of hydrogen-bond donors (Lipinski definition) is 6. The molecule has 0 spiro atoms. The Morgan fingerprint density at radius 3 is 1.87 bits per heavy atom. The fraction of sp³-hybridized carbons (Fsp3) is 0.294. The molecule has 6 nitrogen and oxygen atoms in total. The van der Waals surface area contributed by atoms with E-state index in [4.69, 9.17) is 11.5 Å². The van der Waals surface area contributed by atoms with E-state index in [1.54, 1.807) is 24.3 Å². The van der Waals surface area contributed by atoms with Gasteiger partial charge in [-0.05, 0) is 48.5 Å². The van der Waals surface area contributed by atoms with Gasteiger partial charge in [0.2, 0.25) is 0 Å². The van der Waals surface area contributed by atoms with Crippen LogP contribution in [0.15, 0.2) is 48.5 Å². The highest BCUT2D eigenvalue weighted by Crippen LogP contribution is 2.21. The van der Waals surface area contributed by atoms with Crippen LogP contribution in [-0.4, -0.2) is 29.1 Å². The minimum absolute atomic E-state index is 0.111. The molecule has 1 unspecified atom stereocenters. The summed E-state index contributed by atoms with van der Waals surface area (Å²) in [6.45, 7) is 0.433. The molecule has 0 aliphatic carbocycles. The normalized spacial score (nSPS) is 13.3. The van der Waals surface area contributed by atoms with Crippen LogP contribution in [0.2, 0.25) is 0 Å². The molecule has 0 amide bonds. The van der Waals surface area contributed by atoms with E-state index in [1.807, 2.05) is 24.3 Å². The van der Waals surface area contributed by atoms with Crippen molar-refractivity contribution in [3.05, 3.63) is 48.5 Å². The van der Waals surface area contributed by atoms with Crippen LogP contribution in [-0.2, 0) is 0 Å². The van der Waals surface area contributed by atoms with Gasteiger partial charge in [0.15, 0.2) is 0 Å². The van der Waals surface area contributed by atoms with E-state index in [2.05, 4.69) is 10.6 Å². The van der Waals surface area contributed by atoms with Crippen LogP contribution in [0.5, 0.6) is 0 Å². The van der Waals surface area contributed by atoms with Gasteiger partial charge < -0.3 is 32.3 Å². The Bertz CT molecular complexity index is 601. The molecule has 2 rings (SSSR count). The molecule has 0 saturated carbocycles. The van der Waals surface area contributed by atoms with Crippen molar-refractivity contribution >= 4 is 22.7 Å². The number of anilines is 4. The van der Waals surface area contributed by atoms with Gasteiger partial charge in [-0.3, -0.25) is 0 Å². The standard InChI is InChI=1S/C17H24N4O2/c18-13-1-5-15(6-2-13)20-11-9-17(23,10-12-22)21-16-7-3-14(19)4-8-16/h1-8,20-23H,9-12,18-19H2. The van der Waals surface area contributed by atoms with Gasteiger partial charge in [0.1, 0.15) is 5.72 Å². The summed E-state index contributed by atoms with van der Waals surface area (Å²) in [5.74, 6) is 0. The van der Waals surface area contributed by atoms with E-state index in [0.717, 1.165) is 11.4 Å². The van der Waals surface area contributed by atoms with Crippen molar-refractivity contribution in [2.24, 2.45) is 0 Å². The van der Waals surface area contributed by atoms with E-state index in [1.165, 1.54) is 0 Å². The first-order valence-corrected chi connectivity index (χ1v) is 7.57. The lowest BCUT2D eigenvalue weighted by Gasteiger charge is -2.30. The van der Waals surface area contributed by atoms with Gasteiger partial charge >= 0.3 is 0 Å². The van der Waals surface area contributed by atoms with E-state index in [9.17, 15) is 10.2 Å². The number of rotatable bonds is 8. The average Bonchev–Trinajstić information content (AvgIpc) is 2.52. The summed E-state index contributed by atoms with van der Waals surface area (Å²) in [4.78, 5) is 0. The molecular formula is C17H24N4O2. The third-order valence-corrected chi connectivity index (χ3v) is 3.59. The number of nitrogens with one attached hydrogen (secondary N) is 2. The molecule has 124 valence electrons. The maximum atomic E-state index is 10.7. The first-order chi connectivity index (χ1) is 11.0. The first kappa shape index (κ1) is 16.9. The third-order valence-electron chi connectivity index (χ3n) is 3.59. The molecule has 0 radical (unpaired) electrons. The van der Waals surface area contributed by atoms with Crippen molar-refractivity contribution in [3.8, 4) is 0 Å². The van der Waals surface area contributed by atoms with Crippen molar-refractivity contribution < 1.29 is 10.2 Å². The number of aliphatic hydroxyl groups is 2. The maximum Gasteiger partial charge on any atom is 0.139 e. The van der Waals surface area contributed by atoms with E-state index in [0.29, 0.717) is 24.3 Å². The molecule has 8 N–H and O–H groups in total. The zero-order valence-corrected chi connectivity index (χ0v) is 13.0. The van der Waals surface area contributed by atoms with Crippen LogP contribution < -0.4 is 22.1 Å². The minimum Gasteiger partial charge on any atom is -0.399 e. The second kappa shape index (κ2) is 7.71. The topological polar surface area (TPSA) is 117 Å². The molecule has 0 aliphatic rings. The predicted molar refractivity (Wildman–Crippen MR) is 95.1 cm³/mol. The Morgan fingerprint density at radius 1 is 0.826 bits per heavy atom. The number of hydrogen-bond acceptors (Lipinski definition) is 6. The molecule has 0 bridgehead atoms. The molecule has 1 atom stereocenters. The van der Waals surface area contributed by atoms with Gasteiger partial charge in [0.25, 0.3) is 0 Å². The largest absolute Gasteiger partial charge is 0.399 e. The molecule has 23 heavy (non-hydrogen) atoms. The first-order valence-electron chi connectivity index (χ1n) is 7.57. The van der Waals surface area contributed by atoms with Crippen molar-refractivity contribution in [3.63, 3.8) is 0 Å². The second-order valence-corrected chi connectivity index (χ2v) is 5.55. The highest BCUT2D eigenvalue weighted by atomic mass is 16.3. The van der Waals surface area contributed by atoms with Gasteiger partial charge in [-0.25, -0.2) is 0 Å². The zero-order chi connectivity index (χ0) is 16.7. The minimum atomic E-state index is -1.20. The summed E-state index contributed by atoms with van der Waals surface area (Å²) in [7, 11) is 0. The van der Waals surface area contributed by atoms with Crippen molar-refractivity contribution in [2.75, 3.05) is 35.3 Å². The number of benzene rings is 2. The molecule has 6 heteroatoms. The average molecular weight is 316 g/mol. The molecule has 0 fully saturated rings. The molecular weight excluding hydrogens is 292 g/mol. The summed E-state index contributed by atoms with van der Waals surface area (Å²) >= 11 is 0. The maximum absolute atomic E-state index is 10.7. The van der Waals surface area contributed by atoms with Crippen molar-refractivity contribution in [2.45, 2.75) is 18.6 Å². The van der Waals surface area contributed by atoms with Gasteiger partial charge in [-0.1, -0.05) is 0 Å². The fourth-order valence-corrected chi connectivity index (χ4v) is 2.28. The summed E-state index contributed by atoms with van der Waals surface area (Å²) in [6.07, 6.45) is 0.642. The lowest BCUT2D eigenvalue weighted by molar-refractivity contribution is 0.0375. The summed E-state index contributed by atoms with van der Waals surface area (Å²) in [6, 6.07) is 14.5. The lowest BCUT2D eigenvalue weighted by Crippen LogP contribution is -2.40. The lowest BCUT2D eigenvalue weighted by atomic mass is 10.1. The monoisotopic (exact) mass is 316 g/mol.